The molecule has 0 radical (unpaired) electrons. The maximum atomic E-state index is 11.9. The third kappa shape index (κ3) is 5.34. The molecular weight excluding hydrogens is 276 g/mol. The van der Waals surface area contributed by atoms with E-state index >= 15 is 0 Å². The van der Waals surface area contributed by atoms with E-state index in [1.165, 1.54) is 5.56 Å². The van der Waals surface area contributed by atoms with Gasteiger partial charge >= 0.3 is 6.03 Å². The van der Waals surface area contributed by atoms with E-state index in [9.17, 15) is 9.90 Å². The van der Waals surface area contributed by atoms with Gasteiger partial charge in [-0.15, -0.1) is 0 Å². The highest BCUT2D eigenvalue weighted by Gasteiger charge is 2.38. The molecular formula is C18H28N2O2. The number of hydrogen-bond donors (Lipinski definition) is 3. The Kier molecular flexibility index (Phi) is 5.46. The van der Waals surface area contributed by atoms with Gasteiger partial charge in [-0.3, -0.25) is 0 Å². The monoisotopic (exact) mass is 304 g/mol. The fourth-order valence-electron chi connectivity index (χ4n) is 3.06. The second kappa shape index (κ2) is 7.14. The van der Waals surface area contributed by atoms with Crippen LogP contribution in [0.5, 0.6) is 0 Å². The molecule has 1 fully saturated rings. The number of amides is 2. The topological polar surface area (TPSA) is 61.4 Å². The van der Waals surface area contributed by atoms with E-state index in [-0.39, 0.29) is 17.6 Å². The number of benzene rings is 1. The molecule has 1 aromatic rings. The standard InChI is InChI=1S/C18H28N2O2/c1-13(21)10-18(2,3)12-20-17(22)19-11-15-9-16(15)14-7-5-4-6-8-14/h4-8,13,15-16,21H,9-12H2,1-3H3,(H2,19,20,22). The molecule has 4 heteroatoms. The lowest BCUT2D eigenvalue weighted by molar-refractivity contribution is 0.129. The number of urea groups is 1. The van der Waals surface area contributed by atoms with Gasteiger partial charge in [0, 0.05) is 13.1 Å². The fraction of sp³-hybridized carbons (Fsp3) is 0.611. The Labute approximate surface area is 133 Å². The quantitative estimate of drug-likeness (QED) is 0.725. The van der Waals surface area contributed by atoms with E-state index in [2.05, 4.69) is 34.9 Å². The van der Waals surface area contributed by atoms with Crippen molar-refractivity contribution in [2.75, 3.05) is 13.1 Å². The van der Waals surface area contributed by atoms with Gasteiger partial charge in [0.1, 0.15) is 0 Å². The van der Waals surface area contributed by atoms with Crippen LogP contribution in [0.15, 0.2) is 30.3 Å². The zero-order valence-corrected chi connectivity index (χ0v) is 13.8. The highest BCUT2D eigenvalue weighted by Crippen LogP contribution is 2.46. The van der Waals surface area contributed by atoms with Gasteiger partial charge in [-0.25, -0.2) is 4.79 Å². The molecule has 2 rings (SSSR count). The molecule has 122 valence electrons. The Bertz CT molecular complexity index is 485. The van der Waals surface area contributed by atoms with Crippen molar-refractivity contribution in [3.8, 4) is 0 Å². The highest BCUT2D eigenvalue weighted by atomic mass is 16.3. The summed E-state index contributed by atoms with van der Waals surface area (Å²) in [6, 6.07) is 10.4. The molecule has 0 aromatic heterocycles. The van der Waals surface area contributed by atoms with Gasteiger partial charge in [-0.1, -0.05) is 44.2 Å². The van der Waals surface area contributed by atoms with E-state index in [0.717, 1.165) is 13.0 Å². The SMILES string of the molecule is CC(O)CC(C)(C)CNC(=O)NCC1CC1c1ccccc1. The molecule has 1 saturated carbocycles. The first kappa shape index (κ1) is 16.8. The number of nitrogens with one attached hydrogen (secondary N) is 2. The molecule has 0 saturated heterocycles. The van der Waals surface area contributed by atoms with Crippen LogP contribution in [0.4, 0.5) is 4.79 Å². The predicted molar refractivity (Wildman–Crippen MR) is 88.8 cm³/mol. The Morgan fingerprint density at radius 2 is 2.00 bits per heavy atom. The maximum absolute atomic E-state index is 11.9. The summed E-state index contributed by atoms with van der Waals surface area (Å²) in [4.78, 5) is 11.9. The van der Waals surface area contributed by atoms with Gasteiger partial charge in [0.2, 0.25) is 0 Å². The van der Waals surface area contributed by atoms with Gasteiger partial charge in [-0.2, -0.15) is 0 Å². The Hall–Kier alpha value is -1.55. The Balaban J connectivity index is 1.65. The summed E-state index contributed by atoms with van der Waals surface area (Å²) < 4.78 is 0. The third-order valence-electron chi connectivity index (χ3n) is 4.25. The number of aliphatic hydroxyl groups excluding tert-OH is 1. The van der Waals surface area contributed by atoms with E-state index in [1.807, 2.05) is 19.9 Å². The summed E-state index contributed by atoms with van der Waals surface area (Å²) in [6.45, 7) is 7.16. The summed E-state index contributed by atoms with van der Waals surface area (Å²) in [6.07, 6.45) is 1.47. The number of carbonyl (C=O) groups is 1. The molecule has 1 aliphatic carbocycles. The zero-order chi connectivity index (χ0) is 16.2. The molecule has 0 heterocycles. The van der Waals surface area contributed by atoms with Crippen LogP contribution in [0.3, 0.4) is 0 Å². The van der Waals surface area contributed by atoms with Gasteiger partial charge in [0.15, 0.2) is 0 Å². The van der Waals surface area contributed by atoms with Crippen molar-refractivity contribution in [1.82, 2.24) is 10.6 Å². The van der Waals surface area contributed by atoms with Gasteiger partial charge in [0.05, 0.1) is 6.10 Å². The number of carbonyl (C=O) groups excluding carboxylic acids is 1. The minimum atomic E-state index is -0.349. The van der Waals surface area contributed by atoms with E-state index in [0.29, 0.717) is 24.8 Å². The lowest BCUT2D eigenvalue weighted by Crippen LogP contribution is -2.42. The Morgan fingerprint density at radius 1 is 1.32 bits per heavy atom. The van der Waals surface area contributed by atoms with Crippen LogP contribution in [-0.4, -0.2) is 30.3 Å². The molecule has 3 unspecified atom stereocenters. The summed E-state index contributed by atoms with van der Waals surface area (Å²) in [5, 5.41) is 15.3. The molecule has 0 aliphatic heterocycles. The fourth-order valence-corrected chi connectivity index (χ4v) is 3.06. The van der Waals surface area contributed by atoms with Crippen LogP contribution in [-0.2, 0) is 0 Å². The average Bonchev–Trinajstić information content (AvgIpc) is 3.22. The lowest BCUT2D eigenvalue weighted by atomic mass is 9.87. The van der Waals surface area contributed by atoms with Crippen molar-refractivity contribution < 1.29 is 9.90 Å². The van der Waals surface area contributed by atoms with Crippen molar-refractivity contribution in [2.45, 2.75) is 45.6 Å². The largest absolute Gasteiger partial charge is 0.393 e. The van der Waals surface area contributed by atoms with Crippen molar-refractivity contribution in [1.29, 1.82) is 0 Å². The zero-order valence-electron chi connectivity index (χ0n) is 13.8. The molecule has 3 atom stereocenters. The van der Waals surface area contributed by atoms with E-state index in [1.54, 1.807) is 6.92 Å². The maximum Gasteiger partial charge on any atom is 0.314 e. The highest BCUT2D eigenvalue weighted by molar-refractivity contribution is 5.73. The molecule has 0 bridgehead atoms. The molecule has 22 heavy (non-hydrogen) atoms. The van der Waals surface area contributed by atoms with Gasteiger partial charge in [-0.05, 0) is 42.6 Å². The number of hydrogen-bond acceptors (Lipinski definition) is 2. The predicted octanol–water partition coefficient (Wildman–Crippen LogP) is 2.89. The minimum Gasteiger partial charge on any atom is -0.393 e. The van der Waals surface area contributed by atoms with Crippen LogP contribution in [0.1, 0.15) is 45.1 Å². The number of aliphatic hydroxyl groups is 1. The number of rotatable bonds is 7. The second-order valence-electron chi connectivity index (χ2n) is 7.29. The van der Waals surface area contributed by atoms with Crippen LogP contribution >= 0.6 is 0 Å². The summed E-state index contributed by atoms with van der Waals surface area (Å²) in [5.74, 6) is 1.15. The van der Waals surface area contributed by atoms with Crippen LogP contribution in [0, 0.1) is 11.3 Å². The van der Waals surface area contributed by atoms with Crippen molar-refractivity contribution in [2.24, 2.45) is 11.3 Å². The molecule has 4 nitrogen and oxygen atoms in total. The van der Waals surface area contributed by atoms with Crippen molar-refractivity contribution in [3.63, 3.8) is 0 Å². The first-order valence-electron chi connectivity index (χ1n) is 8.12. The smallest absolute Gasteiger partial charge is 0.314 e. The van der Waals surface area contributed by atoms with Crippen molar-refractivity contribution in [3.05, 3.63) is 35.9 Å². The minimum absolute atomic E-state index is 0.0995. The molecule has 2 amide bonds. The molecule has 0 spiro atoms. The first-order valence-corrected chi connectivity index (χ1v) is 8.12. The Morgan fingerprint density at radius 3 is 2.64 bits per heavy atom. The lowest BCUT2D eigenvalue weighted by Gasteiger charge is -2.26. The van der Waals surface area contributed by atoms with Crippen molar-refractivity contribution >= 4 is 6.03 Å². The molecule has 1 aliphatic rings. The second-order valence-corrected chi connectivity index (χ2v) is 7.29. The van der Waals surface area contributed by atoms with E-state index < -0.39 is 0 Å². The normalized spacial score (nSPS) is 22.0. The van der Waals surface area contributed by atoms with Crippen LogP contribution in [0.2, 0.25) is 0 Å². The summed E-state index contributed by atoms with van der Waals surface area (Å²) in [7, 11) is 0. The molecule has 1 aromatic carbocycles. The third-order valence-corrected chi connectivity index (χ3v) is 4.25. The molecule has 3 N–H and O–H groups in total. The average molecular weight is 304 g/mol. The van der Waals surface area contributed by atoms with Crippen LogP contribution < -0.4 is 10.6 Å². The van der Waals surface area contributed by atoms with Crippen LogP contribution in [0.25, 0.3) is 0 Å². The van der Waals surface area contributed by atoms with Gasteiger partial charge < -0.3 is 15.7 Å². The first-order chi connectivity index (χ1) is 10.4. The van der Waals surface area contributed by atoms with E-state index in [4.69, 9.17) is 0 Å². The summed E-state index contributed by atoms with van der Waals surface area (Å²) >= 11 is 0. The van der Waals surface area contributed by atoms with Gasteiger partial charge in [0.25, 0.3) is 0 Å². The summed E-state index contributed by atoms with van der Waals surface area (Å²) in [5.41, 5.74) is 1.27.